The second-order valence-electron chi connectivity index (χ2n) is 6.48. The molecule has 0 atom stereocenters. The quantitative estimate of drug-likeness (QED) is 0.617. The van der Waals surface area contributed by atoms with Gasteiger partial charge in [0.15, 0.2) is 0 Å². The lowest BCUT2D eigenvalue weighted by Gasteiger charge is -2.13. The third-order valence-electron chi connectivity index (χ3n) is 4.17. The molecule has 0 amide bonds. The molecular formula is C19H19F3N2O3S. The Kier molecular flexibility index (Phi) is 5.40. The summed E-state index contributed by atoms with van der Waals surface area (Å²) in [5.41, 5.74) is -0.683. The number of fused-ring (bicyclic) bond motifs is 1. The molecule has 0 aliphatic rings. The van der Waals surface area contributed by atoms with Crippen molar-refractivity contribution in [2.24, 2.45) is 0 Å². The van der Waals surface area contributed by atoms with E-state index in [9.17, 15) is 21.6 Å². The number of alkyl halides is 3. The maximum absolute atomic E-state index is 13.0. The van der Waals surface area contributed by atoms with Gasteiger partial charge in [0, 0.05) is 18.1 Å². The lowest BCUT2D eigenvalue weighted by molar-refractivity contribution is -0.137. The Bertz CT molecular complexity index is 1090. The fourth-order valence-electron chi connectivity index (χ4n) is 2.73. The Labute approximate surface area is 161 Å². The summed E-state index contributed by atoms with van der Waals surface area (Å²) >= 11 is 0. The topological polar surface area (TPSA) is 51.5 Å². The number of nitrogens with zero attached hydrogens (tertiary/aromatic N) is 2. The maximum Gasteiger partial charge on any atom is 0.416 e. The van der Waals surface area contributed by atoms with Crippen molar-refractivity contribution < 1.29 is 26.3 Å². The molecule has 0 spiro atoms. The van der Waals surface area contributed by atoms with E-state index >= 15 is 0 Å². The zero-order chi connectivity index (χ0) is 20.5. The molecule has 0 saturated carbocycles. The number of aromatic nitrogens is 1. The summed E-state index contributed by atoms with van der Waals surface area (Å²) in [5, 5.41) is 0.566. The lowest BCUT2D eigenvalue weighted by Crippen LogP contribution is -2.19. The van der Waals surface area contributed by atoms with Crippen LogP contribution in [0, 0.1) is 0 Å². The Hall–Kier alpha value is -2.52. The SMILES string of the molecule is CN(C)CCOc1cccc2c1ccn2S(=O)(=O)c1cccc(C(F)(F)F)c1. The van der Waals surface area contributed by atoms with Crippen LogP contribution in [0.15, 0.2) is 59.6 Å². The van der Waals surface area contributed by atoms with Gasteiger partial charge in [0.2, 0.25) is 0 Å². The van der Waals surface area contributed by atoms with Crippen LogP contribution in [0.4, 0.5) is 13.2 Å². The maximum atomic E-state index is 13.0. The van der Waals surface area contributed by atoms with E-state index in [-0.39, 0.29) is 0 Å². The lowest BCUT2D eigenvalue weighted by atomic mass is 10.2. The van der Waals surface area contributed by atoms with Gasteiger partial charge in [-0.15, -0.1) is 0 Å². The molecule has 3 aromatic rings. The highest BCUT2D eigenvalue weighted by atomic mass is 32.2. The molecule has 0 N–H and O–H groups in total. The first-order valence-corrected chi connectivity index (χ1v) is 9.85. The van der Waals surface area contributed by atoms with Gasteiger partial charge in [-0.3, -0.25) is 0 Å². The van der Waals surface area contributed by atoms with Crippen molar-refractivity contribution in [3.8, 4) is 5.75 Å². The van der Waals surface area contributed by atoms with Crippen LogP contribution in [0.5, 0.6) is 5.75 Å². The smallest absolute Gasteiger partial charge is 0.416 e. The van der Waals surface area contributed by atoms with Gasteiger partial charge in [-0.2, -0.15) is 13.2 Å². The van der Waals surface area contributed by atoms with Crippen LogP contribution >= 0.6 is 0 Å². The van der Waals surface area contributed by atoms with Gasteiger partial charge in [-0.05, 0) is 50.5 Å². The normalized spacial score (nSPS) is 12.6. The molecule has 0 aliphatic heterocycles. The third kappa shape index (κ3) is 4.00. The second kappa shape index (κ2) is 7.48. The van der Waals surface area contributed by atoms with Gasteiger partial charge in [-0.25, -0.2) is 12.4 Å². The minimum absolute atomic E-state index is 0.333. The van der Waals surface area contributed by atoms with Gasteiger partial charge in [0.05, 0.1) is 16.0 Å². The predicted molar refractivity (Wildman–Crippen MR) is 100 cm³/mol. The van der Waals surface area contributed by atoms with E-state index in [1.165, 1.54) is 6.20 Å². The highest BCUT2D eigenvalue weighted by Gasteiger charge is 2.32. The summed E-state index contributed by atoms with van der Waals surface area (Å²) in [6, 6.07) is 10.2. The first-order chi connectivity index (χ1) is 13.1. The Morgan fingerprint density at radius 3 is 2.46 bits per heavy atom. The molecule has 5 nitrogen and oxygen atoms in total. The molecule has 9 heteroatoms. The van der Waals surface area contributed by atoms with Gasteiger partial charge in [-0.1, -0.05) is 12.1 Å². The van der Waals surface area contributed by atoms with Crippen LogP contribution in [-0.2, 0) is 16.2 Å². The number of rotatable bonds is 6. The zero-order valence-corrected chi connectivity index (χ0v) is 16.1. The van der Waals surface area contributed by atoms with Crippen LogP contribution < -0.4 is 4.74 Å². The van der Waals surface area contributed by atoms with Gasteiger partial charge in [0.25, 0.3) is 10.0 Å². The van der Waals surface area contributed by atoms with Crippen LogP contribution in [0.3, 0.4) is 0 Å². The van der Waals surface area contributed by atoms with E-state index in [4.69, 9.17) is 4.74 Å². The van der Waals surface area contributed by atoms with Crippen LogP contribution in [0.25, 0.3) is 10.9 Å². The predicted octanol–water partition coefficient (Wildman–Crippen LogP) is 3.84. The van der Waals surface area contributed by atoms with Crippen molar-refractivity contribution in [1.82, 2.24) is 8.87 Å². The Morgan fingerprint density at radius 2 is 1.79 bits per heavy atom. The van der Waals surface area contributed by atoms with Gasteiger partial charge in [0.1, 0.15) is 12.4 Å². The molecule has 28 heavy (non-hydrogen) atoms. The first kappa shape index (κ1) is 20.2. The average molecular weight is 412 g/mol. The molecular weight excluding hydrogens is 393 g/mol. The first-order valence-electron chi connectivity index (χ1n) is 8.41. The minimum atomic E-state index is -4.63. The van der Waals surface area contributed by atoms with Crippen molar-refractivity contribution in [2.45, 2.75) is 11.1 Å². The molecule has 0 bridgehead atoms. The standard InChI is InChI=1S/C19H19F3N2O3S/c1-23(2)11-12-27-18-8-4-7-17-16(18)9-10-24(17)28(25,26)15-6-3-5-14(13-15)19(20,21)22/h3-10,13H,11-12H2,1-2H3. The summed E-state index contributed by atoms with van der Waals surface area (Å²) in [7, 11) is -0.393. The van der Waals surface area contributed by atoms with Crippen molar-refractivity contribution in [3.05, 3.63) is 60.3 Å². The van der Waals surface area contributed by atoms with E-state index in [1.54, 1.807) is 24.3 Å². The van der Waals surface area contributed by atoms with Crippen LogP contribution in [0.1, 0.15) is 5.56 Å². The highest BCUT2D eigenvalue weighted by molar-refractivity contribution is 7.90. The number of hydrogen-bond donors (Lipinski definition) is 0. The molecule has 1 aromatic heterocycles. The molecule has 0 fully saturated rings. The van der Waals surface area contributed by atoms with E-state index in [2.05, 4.69) is 0 Å². The van der Waals surface area contributed by atoms with Crippen molar-refractivity contribution >= 4 is 20.9 Å². The third-order valence-corrected chi connectivity index (χ3v) is 5.86. The minimum Gasteiger partial charge on any atom is -0.492 e. The number of ether oxygens (including phenoxy) is 1. The van der Waals surface area contributed by atoms with Gasteiger partial charge >= 0.3 is 6.18 Å². The molecule has 0 saturated heterocycles. The molecule has 0 radical (unpaired) electrons. The zero-order valence-electron chi connectivity index (χ0n) is 15.3. The van der Waals surface area contributed by atoms with Crippen LogP contribution in [-0.4, -0.2) is 44.5 Å². The largest absolute Gasteiger partial charge is 0.492 e. The van der Waals surface area contributed by atoms with Crippen molar-refractivity contribution in [3.63, 3.8) is 0 Å². The van der Waals surface area contributed by atoms with E-state index < -0.39 is 26.7 Å². The molecule has 150 valence electrons. The summed E-state index contributed by atoms with van der Waals surface area (Å²) in [6.07, 6.45) is -3.31. The van der Waals surface area contributed by atoms with Gasteiger partial charge < -0.3 is 9.64 Å². The second-order valence-corrected chi connectivity index (χ2v) is 8.30. The fourth-order valence-corrected chi connectivity index (χ4v) is 4.13. The molecule has 1 heterocycles. The molecule has 2 aromatic carbocycles. The van der Waals surface area contributed by atoms with Crippen molar-refractivity contribution in [2.75, 3.05) is 27.2 Å². The van der Waals surface area contributed by atoms with E-state index in [1.807, 2.05) is 19.0 Å². The fraction of sp³-hybridized carbons (Fsp3) is 0.263. The average Bonchev–Trinajstić information content (AvgIpc) is 3.06. The number of halogens is 3. The molecule has 0 aliphatic carbocycles. The number of benzene rings is 2. The summed E-state index contributed by atoms with van der Waals surface area (Å²) in [4.78, 5) is 1.52. The van der Waals surface area contributed by atoms with Crippen molar-refractivity contribution in [1.29, 1.82) is 0 Å². The summed E-state index contributed by atoms with van der Waals surface area (Å²) < 4.78 is 71.5. The Balaban J connectivity index is 2.02. The highest BCUT2D eigenvalue weighted by Crippen LogP contribution is 2.33. The van der Waals surface area contributed by atoms with Crippen LogP contribution in [0.2, 0.25) is 0 Å². The number of likely N-dealkylation sites (N-methyl/N-ethyl adjacent to an activating group) is 1. The van der Waals surface area contributed by atoms with E-state index in [0.29, 0.717) is 35.9 Å². The van der Waals surface area contributed by atoms with E-state index in [0.717, 1.165) is 22.2 Å². The summed E-state index contributed by atoms with van der Waals surface area (Å²) in [5.74, 6) is 0.511. The monoisotopic (exact) mass is 412 g/mol. The summed E-state index contributed by atoms with van der Waals surface area (Å²) in [6.45, 7) is 1.09. The Morgan fingerprint density at radius 1 is 1.07 bits per heavy atom. The number of hydrogen-bond acceptors (Lipinski definition) is 4. The molecule has 0 unspecified atom stereocenters. The molecule has 3 rings (SSSR count).